The van der Waals surface area contributed by atoms with E-state index in [1.807, 2.05) is 0 Å². The predicted molar refractivity (Wildman–Crippen MR) is 55.2 cm³/mol. The van der Waals surface area contributed by atoms with Gasteiger partial charge in [-0.1, -0.05) is 6.42 Å². The van der Waals surface area contributed by atoms with E-state index in [-0.39, 0.29) is 6.04 Å². The lowest BCUT2D eigenvalue weighted by molar-refractivity contribution is -0.147. The molecule has 0 N–H and O–H groups in total. The van der Waals surface area contributed by atoms with Crippen molar-refractivity contribution in [3.8, 4) is 0 Å². The van der Waals surface area contributed by atoms with E-state index in [9.17, 15) is 13.2 Å². The molecule has 0 unspecified atom stereocenters. The van der Waals surface area contributed by atoms with Crippen molar-refractivity contribution in [2.75, 3.05) is 19.0 Å². The zero-order valence-electron chi connectivity index (χ0n) is 8.69. The fraction of sp³-hybridized carbons (Fsp3) is 1.00. The molecular formula is C10H17ClF3N. The highest BCUT2D eigenvalue weighted by molar-refractivity contribution is 6.17. The minimum absolute atomic E-state index is 0.183. The molecule has 1 rings (SSSR count). The molecule has 0 aromatic rings. The number of alkyl halides is 4. The summed E-state index contributed by atoms with van der Waals surface area (Å²) < 4.78 is 36.6. The second kappa shape index (κ2) is 5.94. The molecule has 1 nitrogen and oxygen atoms in total. The molecule has 0 amide bonds. The molecule has 5 heteroatoms. The van der Waals surface area contributed by atoms with Crippen LogP contribution >= 0.6 is 11.6 Å². The van der Waals surface area contributed by atoms with E-state index in [1.54, 1.807) is 4.90 Å². The molecule has 0 aromatic heterocycles. The molecule has 0 spiro atoms. The zero-order valence-corrected chi connectivity index (χ0v) is 9.45. The molecule has 15 heavy (non-hydrogen) atoms. The normalized spacial score (nSPS) is 17.4. The van der Waals surface area contributed by atoms with Gasteiger partial charge in [-0.3, -0.25) is 4.90 Å². The highest BCUT2D eigenvalue weighted by atomic mass is 35.5. The third-order valence-electron chi connectivity index (χ3n) is 2.52. The molecule has 1 aliphatic rings. The van der Waals surface area contributed by atoms with Crippen LogP contribution in [0.4, 0.5) is 13.2 Å². The molecule has 0 saturated heterocycles. The van der Waals surface area contributed by atoms with Crippen LogP contribution in [0.5, 0.6) is 0 Å². The summed E-state index contributed by atoms with van der Waals surface area (Å²) in [6, 6.07) is 0.183. The Morgan fingerprint density at radius 3 is 2.27 bits per heavy atom. The monoisotopic (exact) mass is 243 g/mol. The average Bonchev–Trinajstić information content (AvgIpc) is 2.91. The minimum Gasteiger partial charge on any atom is -0.292 e. The van der Waals surface area contributed by atoms with Crippen molar-refractivity contribution in [3.05, 3.63) is 0 Å². The molecule has 0 aromatic carbocycles. The maximum Gasteiger partial charge on any atom is 0.401 e. The van der Waals surface area contributed by atoms with Gasteiger partial charge in [-0.15, -0.1) is 11.6 Å². The van der Waals surface area contributed by atoms with E-state index in [2.05, 4.69) is 0 Å². The van der Waals surface area contributed by atoms with Crippen LogP contribution in [0.3, 0.4) is 0 Å². The number of unbranched alkanes of at least 4 members (excludes halogenated alkanes) is 2. The van der Waals surface area contributed by atoms with E-state index in [0.717, 1.165) is 32.1 Å². The summed E-state index contributed by atoms with van der Waals surface area (Å²) in [5, 5.41) is 0. The fourth-order valence-corrected chi connectivity index (χ4v) is 1.84. The van der Waals surface area contributed by atoms with E-state index in [0.29, 0.717) is 12.4 Å². The van der Waals surface area contributed by atoms with Crippen LogP contribution in [0.1, 0.15) is 32.1 Å². The van der Waals surface area contributed by atoms with Crippen LogP contribution in [-0.2, 0) is 0 Å². The van der Waals surface area contributed by atoms with Crippen molar-refractivity contribution in [3.63, 3.8) is 0 Å². The molecule has 90 valence electrons. The van der Waals surface area contributed by atoms with E-state index >= 15 is 0 Å². The van der Waals surface area contributed by atoms with Crippen LogP contribution in [0.2, 0.25) is 0 Å². The lowest BCUT2D eigenvalue weighted by atomic mass is 10.2. The molecule has 1 aliphatic carbocycles. The molecule has 0 bridgehead atoms. The summed E-state index contributed by atoms with van der Waals surface area (Å²) in [6.45, 7) is -0.195. The minimum atomic E-state index is -4.06. The number of hydrogen-bond acceptors (Lipinski definition) is 1. The smallest absolute Gasteiger partial charge is 0.292 e. The lowest BCUT2D eigenvalue weighted by Gasteiger charge is -2.23. The Kier molecular flexibility index (Phi) is 5.19. The molecular weight excluding hydrogens is 227 g/mol. The van der Waals surface area contributed by atoms with Crippen LogP contribution in [-0.4, -0.2) is 36.1 Å². The maximum absolute atomic E-state index is 12.2. The van der Waals surface area contributed by atoms with Gasteiger partial charge in [0.1, 0.15) is 0 Å². The summed E-state index contributed by atoms with van der Waals surface area (Å²) in [7, 11) is 0. The average molecular weight is 244 g/mol. The topological polar surface area (TPSA) is 3.24 Å². The summed E-state index contributed by atoms with van der Waals surface area (Å²) in [4.78, 5) is 1.56. The number of rotatable bonds is 7. The fourth-order valence-electron chi connectivity index (χ4n) is 1.65. The van der Waals surface area contributed by atoms with Gasteiger partial charge in [0.15, 0.2) is 0 Å². The van der Waals surface area contributed by atoms with Crippen LogP contribution in [0.25, 0.3) is 0 Å². The Labute approximate surface area is 93.6 Å². The number of nitrogens with zero attached hydrogens (tertiary/aromatic N) is 1. The van der Waals surface area contributed by atoms with Crippen molar-refractivity contribution >= 4 is 11.6 Å². The Hall–Kier alpha value is 0.0400. The first-order chi connectivity index (χ1) is 7.03. The Bertz CT molecular complexity index is 180. The molecule has 0 heterocycles. The van der Waals surface area contributed by atoms with Crippen LogP contribution < -0.4 is 0 Å². The Morgan fingerprint density at radius 1 is 1.13 bits per heavy atom. The van der Waals surface area contributed by atoms with Gasteiger partial charge >= 0.3 is 6.18 Å². The van der Waals surface area contributed by atoms with Crippen molar-refractivity contribution < 1.29 is 13.2 Å². The van der Waals surface area contributed by atoms with Gasteiger partial charge in [0.2, 0.25) is 0 Å². The molecule has 0 radical (unpaired) electrons. The van der Waals surface area contributed by atoms with Crippen LogP contribution in [0, 0.1) is 0 Å². The van der Waals surface area contributed by atoms with Gasteiger partial charge in [0.05, 0.1) is 6.54 Å². The van der Waals surface area contributed by atoms with E-state index in [4.69, 9.17) is 11.6 Å². The summed E-state index contributed by atoms with van der Waals surface area (Å²) in [5.41, 5.74) is 0. The third-order valence-corrected chi connectivity index (χ3v) is 2.79. The Balaban J connectivity index is 2.19. The van der Waals surface area contributed by atoms with Gasteiger partial charge in [0.25, 0.3) is 0 Å². The maximum atomic E-state index is 12.2. The second-order valence-corrected chi connectivity index (χ2v) is 4.44. The first kappa shape index (κ1) is 13.1. The van der Waals surface area contributed by atoms with Crippen molar-refractivity contribution in [1.82, 2.24) is 4.90 Å². The van der Waals surface area contributed by atoms with Crippen molar-refractivity contribution in [2.24, 2.45) is 0 Å². The van der Waals surface area contributed by atoms with Gasteiger partial charge in [-0.2, -0.15) is 13.2 Å². The summed E-state index contributed by atoms with van der Waals surface area (Å²) in [5.74, 6) is 0.600. The van der Waals surface area contributed by atoms with Crippen molar-refractivity contribution in [1.29, 1.82) is 0 Å². The van der Waals surface area contributed by atoms with E-state index in [1.165, 1.54) is 0 Å². The highest BCUT2D eigenvalue weighted by Crippen LogP contribution is 2.30. The van der Waals surface area contributed by atoms with Gasteiger partial charge in [-0.05, 0) is 32.2 Å². The SMILES string of the molecule is FC(F)(F)CN(CCCCCCl)C1CC1. The third kappa shape index (κ3) is 6.25. The van der Waals surface area contributed by atoms with Gasteiger partial charge < -0.3 is 0 Å². The zero-order chi connectivity index (χ0) is 11.3. The predicted octanol–water partition coefficient (Wildman–Crippen LogP) is 3.42. The lowest BCUT2D eigenvalue weighted by Crippen LogP contribution is -2.36. The van der Waals surface area contributed by atoms with Gasteiger partial charge in [-0.25, -0.2) is 0 Å². The molecule has 0 aliphatic heterocycles. The second-order valence-electron chi connectivity index (χ2n) is 4.07. The van der Waals surface area contributed by atoms with E-state index < -0.39 is 12.7 Å². The first-order valence-electron chi connectivity index (χ1n) is 5.39. The van der Waals surface area contributed by atoms with Gasteiger partial charge in [0, 0.05) is 11.9 Å². The first-order valence-corrected chi connectivity index (χ1v) is 5.93. The number of hydrogen-bond donors (Lipinski definition) is 0. The molecule has 1 fully saturated rings. The number of halogens is 4. The Morgan fingerprint density at radius 2 is 1.80 bits per heavy atom. The highest BCUT2D eigenvalue weighted by Gasteiger charge is 2.37. The quantitative estimate of drug-likeness (QED) is 0.489. The molecule has 0 atom stereocenters. The van der Waals surface area contributed by atoms with Crippen molar-refractivity contribution in [2.45, 2.75) is 44.3 Å². The standard InChI is InChI=1S/C10H17ClF3N/c11-6-2-1-3-7-15(9-4-5-9)8-10(12,13)14/h9H,1-8H2. The summed E-state index contributed by atoms with van der Waals surface area (Å²) in [6.07, 6.45) is 0.419. The largest absolute Gasteiger partial charge is 0.401 e. The molecule has 1 saturated carbocycles. The summed E-state index contributed by atoms with van der Waals surface area (Å²) >= 11 is 5.50. The van der Waals surface area contributed by atoms with Crippen LogP contribution in [0.15, 0.2) is 0 Å².